The van der Waals surface area contributed by atoms with Crippen molar-refractivity contribution in [3.63, 3.8) is 0 Å². The lowest BCUT2D eigenvalue weighted by Crippen LogP contribution is -2.36. The van der Waals surface area contributed by atoms with Gasteiger partial charge in [-0.05, 0) is 64.3 Å². The van der Waals surface area contributed by atoms with Gasteiger partial charge in [-0.15, -0.1) is 0 Å². The number of halogens is 2. The molecule has 0 atom stereocenters. The molecule has 0 aliphatic rings. The Morgan fingerprint density at radius 2 is 1.63 bits per heavy atom. The number of unbranched alkanes of at least 4 members (excludes halogenated alkanes) is 3. The van der Waals surface area contributed by atoms with E-state index in [2.05, 4.69) is 32.2 Å². The molecule has 0 aliphatic carbocycles. The minimum absolute atomic E-state index is 0.236. The summed E-state index contributed by atoms with van der Waals surface area (Å²) in [6.45, 7) is 7.72. The van der Waals surface area contributed by atoms with E-state index in [1.54, 1.807) is 0 Å². The summed E-state index contributed by atoms with van der Waals surface area (Å²) in [7, 11) is 0. The third-order valence-electron chi connectivity index (χ3n) is 3.03. The number of rotatable bonds is 7. The second-order valence-electron chi connectivity index (χ2n) is 6.09. The van der Waals surface area contributed by atoms with Crippen molar-refractivity contribution in [2.45, 2.75) is 58.4 Å². The first kappa shape index (κ1) is 16.8. The van der Waals surface area contributed by atoms with Crippen molar-refractivity contribution in [2.24, 2.45) is 0 Å². The SMILES string of the molecule is CC(C)(C)NCCCCCCc1ccc(Cl)c(Cl)c1. The van der Waals surface area contributed by atoms with Gasteiger partial charge < -0.3 is 5.32 Å². The smallest absolute Gasteiger partial charge is 0.0595 e. The second-order valence-corrected chi connectivity index (χ2v) is 6.90. The van der Waals surface area contributed by atoms with E-state index in [1.807, 2.05) is 12.1 Å². The molecule has 0 unspecified atom stereocenters. The van der Waals surface area contributed by atoms with Gasteiger partial charge in [-0.1, -0.05) is 42.1 Å². The zero-order valence-corrected chi connectivity index (χ0v) is 13.7. The lowest BCUT2D eigenvalue weighted by molar-refractivity contribution is 0.416. The maximum atomic E-state index is 6.00. The Labute approximate surface area is 127 Å². The Morgan fingerprint density at radius 3 is 2.26 bits per heavy atom. The first-order chi connectivity index (χ1) is 8.88. The summed E-state index contributed by atoms with van der Waals surface area (Å²) in [5.41, 5.74) is 1.52. The van der Waals surface area contributed by atoms with Gasteiger partial charge in [0, 0.05) is 5.54 Å². The number of hydrogen-bond donors (Lipinski definition) is 1. The van der Waals surface area contributed by atoms with Crippen molar-refractivity contribution in [3.05, 3.63) is 33.8 Å². The van der Waals surface area contributed by atoms with Crippen LogP contribution in [0.2, 0.25) is 10.0 Å². The highest BCUT2D eigenvalue weighted by Gasteiger charge is 2.06. The van der Waals surface area contributed by atoms with Gasteiger partial charge in [0.05, 0.1) is 10.0 Å². The minimum atomic E-state index is 0.236. The van der Waals surface area contributed by atoms with Gasteiger partial charge in [-0.3, -0.25) is 0 Å². The van der Waals surface area contributed by atoms with E-state index in [0.717, 1.165) is 13.0 Å². The quantitative estimate of drug-likeness (QED) is 0.657. The molecule has 19 heavy (non-hydrogen) atoms. The van der Waals surface area contributed by atoms with Gasteiger partial charge in [0.1, 0.15) is 0 Å². The minimum Gasteiger partial charge on any atom is -0.312 e. The Balaban J connectivity index is 2.09. The largest absolute Gasteiger partial charge is 0.312 e. The summed E-state index contributed by atoms with van der Waals surface area (Å²) in [6, 6.07) is 5.92. The van der Waals surface area contributed by atoms with Crippen molar-refractivity contribution in [3.8, 4) is 0 Å². The van der Waals surface area contributed by atoms with Crippen LogP contribution >= 0.6 is 23.2 Å². The normalized spacial score (nSPS) is 11.8. The van der Waals surface area contributed by atoms with Crippen LogP contribution in [0.1, 0.15) is 52.0 Å². The summed E-state index contributed by atoms with van der Waals surface area (Å²) in [5, 5.41) is 4.81. The molecule has 1 N–H and O–H groups in total. The van der Waals surface area contributed by atoms with Gasteiger partial charge in [-0.25, -0.2) is 0 Å². The third kappa shape index (κ3) is 7.81. The summed E-state index contributed by atoms with van der Waals surface area (Å²) in [6.07, 6.45) is 6.10. The Bertz CT molecular complexity index is 383. The molecule has 0 radical (unpaired) electrons. The molecule has 1 rings (SSSR count). The molecule has 0 saturated heterocycles. The van der Waals surface area contributed by atoms with Crippen LogP contribution in [0.25, 0.3) is 0 Å². The lowest BCUT2D eigenvalue weighted by Gasteiger charge is -2.20. The molecule has 0 fully saturated rings. The highest BCUT2D eigenvalue weighted by molar-refractivity contribution is 6.42. The molecule has 0 saturated carbocycles. The Hall–Kier alpha value is -0.240. The molecule has 1 nitrogen and oxygen atoms in total. The summed E-state index contributed by atoms with van der Waals surface area (Å²) < 4.78 is 0. The maximum absolute atomic E-state index is 6.00. The summed E-state index contributed by atoms with van der Waals surface area (Å²) in [4.78, 5) is 0. The fourth-order valence-corrected chi connectivity index (χ4v) is 2.29. The molecule has 1 aromatic rings. The molecular formula is C16H25Cl2N. The molecule has 108 valence electrons. The number of nitrogens with one attached hydrogen (secondary N) is 1. The fourth-order valence-electron chi connectivity index (χ4n) is 1.97. The highest BCUT2D eigenvalue weighted by Crippen LogP contribution is 2.23. The number of benzene rings is 1. The first-order valence-corrected chi connectivity index (χ1v) is 7.83. The molecule has 1 aromatic carbocycles. The number of hydrogen-bond acceptors (Lipinski definition) is 1. The zero-order chi connectivity index (χ0) is 14.3. The van der Waals surface area contributed by atoms with Crippen LogP contribution in [0.3, 0.4) is 0 Å². The van der Waals surface area contributed by atoms with Crippen LogP contribution in [0.5, 0.6) is 0 Å². The van der Waals surface area contributed by atoms with Crippen molar-refractivity contribution in [2.75, 3.05) is 6.54 Å². The Kier molecular flexibility index (Phi) is 7.20. The topological polar surface area (TPSA) is 12.0 Å². The first-order valence-electron chi connectivity index (χ1n) is 7.07. The van der Waals surface area contributed by atoms with Gasteiger partial charge in [0.15, 0.2) is 0 Å². The van der Waals surface area contributed by atoms with E-state index >= 15 is 0 Å². The van der Waals surface area contributed by atoms with E-state index in [-0.39, 0.29) is 5.54 Å². The maximum Gasteiger partial charge on any atom is 0.0595 e. The van der Waals surface area contributed by atoms with E-state index in [9.17, 15) is 0 Å². The standard InChI is InChI=1S/C16H25Cl2N/c1-16(2,3)19-11-7-5-4-6-8-13-9-10-14(17)15(18)12-13/h9-10,12,19H,4-8,11H2,1-3H3. The molecule has 0 heterocycles. The van der Waals surface area contributed by atoms with Crippen LogP contribution in [0, 0.1) is 0 Å². The van der Waals surface area contributed by atoms with Gasteiger partial charge in [0.25, 0.3) is 0 Å². The molecule has 0 spiro atoms. The lowest BCUT2D eigenvalue weighted by atomic mass is 10.1. The van der Waals surface area contributed by atoms with Crippen LogP contribution in [0.4, 0.5) is 0 Å². The van der Waals surface area contributed by atoms with Crippen molar-refractivity contribution in [1.29, 1.82) is 0 Å². The number of aryl methyl sites for hydroxylation is 1. The van der Waals surface area contributed by atoms with Crippen molar-refractivity contribution in [1.82, 2.24) is 5.32 Å². The molecule has 0 aliphatic heterocycles. The van der Waals surface area contributed by atoms with Crippen LogP contribution in [-0.4, -0.2) is 12.1 Å². The second kappa shape index (κ2) is 8.14. The fraction of sp³-hybridized carbons (Fsp3) is 0.625. The van der Waals surface area contributed by atoms with Gasteiger partial charge >= 0.3 is 0 Å². The summed E-state index contributed by atoms with van der Waals surface area (Å²) in [5.74, 6) is 0. The van der Waals surface area contributed by atoms with Crippen LogP contribution < -0.4 is 5.32 Å². The van der Waals surface area contributed by atoms with E-state index in [0.29, 0.717) is 10.0 Å². The average molecular weight is 302 g/mol. The van der Waals surface area contributed by atoms with Crippen molar-refractivity contribution < 1.29 is 0 Å². The van der Waals surface area contributed by atoms with Crippen LogP contribution in [-0.2, 0) is 6.42 Å². The molecule has 0 amide bonds. The zero-order valence-electron chi connectivity index (χ0n) is 12.2. The van der Waals surface area contributed by atoms with E-state index in [1.165, 1.54) is 31.2 Å². The van der Waals surface area contributed by atoms with Crippen molar-refractivity contribution >= 4 is 23.2 Å². The predicted molar refractivity (Wildman–Crippen MR) is 86.4 cm³/mol. The predicted octanol–water partition coefficient (Wildman–Crippen LogP) is 5.48. The Morgan fingerprint density at radius 1 is 0.947 bits per heavy atom. The molecular weight excluding hydrogens is 277 g/mol. The van der Waals surface area contributed by atoms with Gasteiger partial charge in [-0.2, -0.15) is 0 Å². The summed E-state index contributed by atoms with van der Waals surface area (Å²) >= 11 is 11.9. The monoisotopic (exact) mass is 301 g/mol. The molecule has 0 bridgehead atoms. The van der Waals surface area contributed by atoms with Crippen LogP contribution in [0.15, 0.2) is 18.2 Å². The highest BCUT2D eigenvalue weighted by atomic mass is 35.5. The molecule has 0 aromatic heterocycles. The third-order valence-corrected chi connectivity index (χ3v) is 3.77. The average Bonchev–Trinajstić information content (AvgIpc) is 2.31. The molecule has 3 heteroatoms. The van der Waals surface area contributed by atoms with Gasteiger partial charge in [0.2, 0.25) is 0 Å². The van der Waals surface area contributed by atoms with E-state index < -0.39 is 0 Å². The van der Waals surface area contributed by atoms with E-state index in [4.69, 9.17) is 23.2 Å².